The number of anilines is 1. The number of hydrogen-bond acceptors (Lipinski definition) is 4. The molecule has 1 aromatic carbocycles. The fourth-order valence-electron chi connectivity index (χ4n) is 1.60. The molecule has 1 aromatic heterocycles. The van der Waals surface area contributed by atoms with E-state index in [1.54, 1.807) is 6.07 Å². The Bertz CT molecular complexity index is 667. The molecule has 0 saturated heterocycles. The van der Waals surface area contributed by atoms with Crippen molar-refractivity contribution in [2.75, 3.05) is 5.32 Å². The third-order valence-electron chi connectivity index (χ3n) is 2.54. The molecule has 0 atom stereocenters. The Morgan fingerprint density at radius 2 is 2.05 bits per heavy atom. The van der Waals surface area contributed by atoms with Crippen molar-refractivity contribution in [3.05, 3.63) is 61.0 Å². The highest BCUT2D eigenvalue weighted by Gasteiger charge is 2.17. The molecule has 1 N–H and O–H groups in total. The molecule has 0 spiro atoms. The average molecular weight is 405 g/mol. The van der Waals surface area contributed by atoms with E-state index in [0.717, 1.165) is 10.7 Å². The van der Waals surface area contributed by atoms with E-state index in [9.17, 15) is 14.5 Å². The molecule has 1 heterocycles. The lowest BCUT2D eigenvalue weighted by Crippen LogP contribution is -2.05. The van der Waals surface area contributed by atoms with Gasteiger partial charge in [-0.15, -0.1) is 0 Å². The summed E-state index contributed by atoms with van der Waals surface area (Å²) in [6, 6.07) is 4.28. The number of nitrogens with zero attached hydrogens (tertiary/aromatic N) is 2. The summed E-state index contributed by atoms with van der Waals surface area (Å²) in [6.45, 7) is 0.238. The lowest BCUT2D eigenvalue weighted by atomic mass is 10.2. The van der Waals surface area contributed by atoms with Crippen LogP contribution in [-0.2, 0) is 6.54 Å². The maximum absolute atomic E-state index is 13.2. The van der Waals surface area contributed by atoms with E-state index in [2.05, 4.69) is 42.2 Å². The van der Waals surface area contributed by atoms with Crippen molar-refractivity contribution in [1.29, 1.82) is 0 Å². The molecule has 0 saturated carbocycles. The van der Waals surface area contributed by atoms with Gasteiger partial charge in [0.25, 0.3) is 0 Å². The van der Waals surface area contributed by atoms with Crippen LogP contribution in [0.4, 0.5) is 15.8 Å². The van der Waals surface area contributed by atoms with E-state index < -0.39 is 4.92 Å². The van der Waals surface area contributed by atoms with Gasteiger partial charge in [0, 0.05) is 17.2 Å². The Morgan fingerprint density at radius 1 is 1.30 bits per heavy atom. The summed E-state index contributed by atoms with van der Waals surface area (Å²) in [5.74, 6) is -0.367. The Labute approximate surface area is 130 Å². The van der Waals surface area contributed by atoms with Gasteiger partial charge in [0.1, 0.15) is 17.7 Å². The normalized spacial score (nSPS) is 10.3. The molecule has 2 aromatic rings. The quantitative estimate of drug-likeness (QED) is 0.610. The molecule has 0 amide bonds. The summed E-state index contributed by atoms with van der Waals surface area (Å²) in [4.78, 5) is 14.2. The number of nitrogens with one attached hydrogen (secondary N) is 1. The molecule has 0 aliphatic rings. The van der Waals surface area contributed by atoms with Gasteiger partial charge in [0.2, 0.25) is 0 Å². The van der Waals surface area contributed by atoms with Gasteiger partial charge in [-0.25, -0.2) is 4.39 Å². The zero-order chi connectivity index (χ0) is 14.7. The van der Waals surface area contributed by atoms with Crippen LogP contribution < -0.4 is 5.32 Å². The SMILES string of the molecule is O=[N+]([O-])c1cncc(Br)c1NCc1cc(F)ccc1Br. The molecule has 2 rings (SSSR count). The molecule has 104 valence electrons. The third-order valence-corrected chi connectivity index (χ3v) is 3.91. The summed E-state index contributed by atoms with van der Waals surface area (Å²) in [6.07, 6.45) is 2.61. The highest BCUT2D eigenvalue weighted by atomic mass is 79.9. The van der Waals surface area contributed by atoms with E-state index in [4.69, 9.17) is 0 Å². The van der Waals surface area contributed by atoms with Gasteiger partial charge in [0.05, 0.1) is 9.40 Å². The summed E-state index contributed by atoms with van der Waals surface area (Å²) in [7, 11) is 0. The Balaban J connectivity index is 2.27. The zero-order valence-electron chi connectivity index (χ0n) is 9.94. The number of hydrogen-bond donors (Lipinski definition) is 1. The molecule has 20 heavy (non-hydrogen) atoms. The molecule has 0 bridgehead atoms. The number of halogens is 3. The average Bonchev–Trinajstić information content (AvgIpc) is 2.40. The summed E-state index contributed by atoms with van der Waals surface area (Å²) in [5, 5.41) is 13.9. The molecule has 5 nitrogen and oxygen atoms in total. The number of benzene rings is 1. The maximum Gasteiger partial charge on any atom is 0.311 e. The van der Waals surface area contributed by atoms with Crippen molar-refractivity contribution in [3.63, 3.8) is 0 Å². The van der Waals surface area contributed by atoms with E-state index in [1.807, 2.05) is 0 Å². The van der Waals surface area contributed by atoms with Gasteiger partial charge < -0.3 is 5.32 Å². The van der Waals surface area contributed by atoms with Crippen LogP contribution >= 0.6 is 31.9 Å². The van der Waals surface area contributed by atoms with E-state index >= 15 is 0 Å². The Kier molecular flexibility index (Phi) is 4.66. The second kappa shape index (κ2) is 6.27. The van der Waals surface area contributed by atoms with Gasteiger partial charge in [-0.1, -0.05) is 15.9 Å². The van der Waals surface area contributed by atoms with Crippen molar-refractivity contribution < 1.29 is 9.31 Å². The highest BCUT2D eigenvalue weighted by molar-refractivity contribution is 9.11. The molecule has 0 aliphatic carbocycles. The summed E-state index contributed by atoms with van der Waals surface area (Å²) >= 11 is 6.51. The minimum Gasteiger partial charge on any atom is -0.374 e. The second-order valence-corrected chi connectivity index (χ2v) is 5.57. The number of aromatic nitrogens is 1. The van der Waals surface area contributed by atoms with Crippen molar-refractivity contribution in [2.24, 2.45) is 0 Å². The fraction of sp³-hybridized carbons (Fsp3) is 0.0833. The lowest BCUT2D eigenvalue weighted by Gasteiger charge is -2.10. The van der Waals surface area contributed by atoms with Crippen LogP contribution in [0.3, 0.4) is 0 Å². The minimum absolute atomic E-state index is 0.146. The first kappa shape index (κ1) is 14.9. The molecule has 0 radical (unpaired) electrons. The van der Waals surface area contributed by atoms with Crippen LogP contribution in [0.25, 0.3) is 0 Å². The van der Waals surface area contributed by atoms with Gasteiger partial charge in [-0.2, -0.15) is 0 Å². The molecule has 0 fully saturated rings. The fourth-order valence-corrected chi connectivity index (χ4v) is 2.45. The topological polar surface area (TPSA) is 68.1 Å². The number of rotatable bonds is 4. The second-order valence-electron chi connectivity index (χ2n) is 3.86. The van der Waals surface area contributed by atoms with Gasteiger partial charge in [-0.05, 0) is 39.7 Å². The van der Waals surface area contributed by atoms with Crippen LogP contribution in [0, 0.1) is 15.9 Å². The molecule has 8 heteroatoms. The first-order valence-corrected chi connectivity index (χ1v) is 7.03. The highest BCUT2D eigenvalue weighted by Crippen LogP contribution is 2.32. The van der Waals surface area contributed by atoms with Crippen LogP contribution in [-0.4, -0.2) is 9.91 Å². The van der Waals surface area contributed by atoms with Crippen LogP contribution in [0.5, 0.6) is 0 Å². The van der Waals surface area contributed by atoms with Crippen molar-refractivity contribution in [3.8, 4) is 0 Å². The standard InChI is InChI=1S/C12H8Br2FN3O2/c13-9-2-1-8(15)3-7(9)4-17-12-10(14)5-16-6-11(12)18(19)20/h1-3,5-6H,4H2,(H,16,17). The predicted octanol–water partition coefficient (Wildman–Crippen LogP) is 4.27. The molecular formula is C12H8Br2FN3O2. The first-order valence-electron chi connectivity index (χ1n) is 5.44. The lowest BCUT2D eigenvalue weighted by molar-refractivity contribution is -0.384. The van der Waals surface area contributed by atoms with Crippen molar-refractivity contribution in [2.45, 2.75) is 6.54 Å². The van der Waals surface area contributed by atoms with Gasteiger partial charge in [-0.3, -0.25) is 15.1 Å². The molecule has 0 aliphatic heterocycles. The number of pyridine rings is 1. The first-order chi connectivity index (χ1) is 9.49. The van der Waals surface area contributed by atoms with Gasteiger partial charge in [0.15, 0.2) is 0 Å². The minimum atomic E-state index is -0.527. The third kappa shape index (κ3) is 3.31. The predicted molar refractivity (Wildman–Crippen MR) is 80.0 cm³/mol. The monoisotopic (exact) mass is 403 g/mol. The van der Waals surface area contributed by atoms with E-state index in [1.165, 1.54) is 18.3 Å². The molecule has 0 unspecified atom stereocenters. The van der Waals surface area contributed by atoms with Crippen molar-refractivity contribution >= 4 is 43.2 Å². The summed E-state index contributed by atoms with van der Waals surface area (Å²) in [5.41, 5.74) is 0.816. The largest absolute Gasteiger partial charge is 0.374 e. The van der Waals surface area contributed by atoms with Crippen LogP contribution in [0.1, 0.15) is 5.56 Å². The molecular weight excluding hydrogens is 397 g/mol. The maximum atomic E-state index is 13.2. The van der Waals surface area contributed by atoms with Gasteiger partial charge >= 0.3 is 5.69 Å². The van der Waals surface area contributed by atoms with Crippen molar-refractivity contribution in [1.82, 2.24) is 4.98 Å². The van der Waals surface area contributed by atoms with E-state index in [-0.39, 0.29) is 18.0 Å². The zero-order valence-corrected chi connectivity index (χ0v) is 13.1. The smallest absolute Gasteiger partial charge is 0.311 e. The van der Waals surface area contributed by atoms with E-state index in [0.29, 0.717) is 15.7 Å². The van der Waals surface area contributed by atoms with Crippen LogP contribution in [0.2, 0.25) is 0 Å². The van der Waals surface area contributed by atoms with Crippen LogP contribution in [0.15, 0.2) is 39.5 Å². The Morgan fingerprint density at radius 3 is 2.75 bits per heavy atom. The Hall–Kier alpha value is -1.54. The summed E-state index contributed by atoms with van der Waals surface area (Å²) < 4.78 is 14.4. The number of nitro groups is 1.